The Kier molecular flexibility index (Phi) is 7.30. The van der Waals surface area contributed by atoms with E-state index >= 15 is 0 Å². The molecule has 0 radical (unpaired) electrons. The zero-order valence-electron chi connectivity index (χ0n) is 16.3. The van der Waals surface area contributed by atoms with Crippen molar-refractivity contribution in [1.82, 2.24) is 4.57 Å². The van der Waals surface area contributed by atoms with E-state index < -0.39 is 0 Å². The number of amides is 1. The number of hydrogen-bond donors (Lipinski definition) is 0. The molecule has 0 aliphatic heterocycles. The number of hydrogen-bond acceptors (Lipinski definition) is 5. The number of nitrogens with zero attached hydrogens (tertiary/aromatic N) is 2. The van der Waals surface area contributed by atoms with Crippen LogP contribution < -0.4 is 9.54 Å². The summed E-state index contributed by atoms with van der Waals surface area (Å²) < 4.78 is 13.9. The summed E-state index contributed by atoms with van der Waals surface area (Å²) in [7, 11) is 1.67. The lowest BCUT2D eigenvalue weighted by molar-refractivity contribution is 0.0994. The van der Waals surface area contributed by atoms with Crippen LogP contribution in [0.5, 0.6) is 5.75 Å². The average Bonchev–Trinajstić information content (AvgIpc) is 3.03. The van der Waals surface area contributed by atoms with Crippen molar-refractivity contribution < 1.29 is 14.3 Å². The fourth-order valence-corrected chi connectivity index (χ4v) is 4.75. The van der Waals surface area contributed by atoms with Crippen molar-refractivity contribution in [3.63, 3.8) is 0 Å². The molecule has 0 saturated heterocycles. The fraction of sp³-hybridized carbons (Fsp3) is 0.333. The van der Waals surface area contributed by atoms with Crippen molar-refractivity contribution in [2.75, 3.05) is 26.1 Å². The highest BCUT2D eigenvalue weighted by molar-refractivity contribution is 7.99. The van der Waals surface area contributed by atoms with Gasteiger partial charge < -0.3 is 14.0 Å². The molecule has 0 spiro atoms. The molecular weight excluding hydrogens is 392 g/mol. The van der Waals surface area contributed by atoms with E-state index in [9.17, 15) is 4.79 Å². The third-order valence-corrected chi connectivity index (χ3v) is 6.10. The second-order valence-corrected chi connectivity index (χ2v) is 8.25. The van der Waals surface area contributed by atoms with Crippen LogP contribution in [0.3, 0.4) is 0 Å². The number of carbonyl (C=O) groups excluding carboxylic acids is 1. The fourth-order valence-electron chi connectivity index (χ4n) is 2.87. The molecule has 3 rings (SSSR count). The van der Waals surface area contributed by atoms with Crippen LogP contribution in [0.4, 0.5) is 0 Å². The Bertz CT molecular complexity index is 1020. The predicted molar refractivity (Wildman–Crippen MR) is 116 cm³/mol. The van der Waals surface area contributed by atoms with Gasteiger partial charge in [-0.05, 0) is 43.0 Å². The lowest BCUT2D eigenvalue weighted by atomic mass is 10.2. The number of benzene rings is 2. The minimum absolute atomic E-state index is 0.223. The van der Waals surface area contributed by atoms with Crippen LogP contribution >= 0.6 is 23.1 Å². The first-order valence-electron chi connectivity index (χ1n) is 9.24. The van der Waals surface area contributed by atoms with E-state index in [0.717, 1.165) is 26.6 Å². The quantitative estimate of drug-likeness (QED) is 0.504. The monoisotopic (exact) mass is 416 g/mol. The van der Waals surface area contributed by atoms with Gasteiger partial charge >= 0.3 is 0 Å². The first-order chi connectivity index (χ1) is 13.7. The zero-order chi connectivity index (χ0) is 19.9. The summed E-state index contributed by atoms with van der Waals surface area (Å²) in [6.07, 6.45) is 0. The molecule has 0 fully saturated rings. The van der Waals surface area contributed by atoms with Crippen LogP contribution in [0, 0.1) is 0 Å². The van der Waals surface area contributed by atoms with E-state index in [1.807, 2.05) is 54.0 Å². The smallest absolute Gasteiger partial charge is 0.280 e. The first-order valence-corrected chi connectivity index (χ1v) is 11.0. The van der Waals surface area contributed by atoms with Crippen LogP contribution in [-0.2, 0) is 11.3 Å². The molecule has 0 aliphatic carbocycles. The SMILES string of the molecule is CCOc1ccc2c(c1)sc(=NC(=O)c1ccccc1SCC)n2CCOC. The van der Waals surface area contributed by atoms with E-state index in [2.05, 4.69) is 11.9 Å². The third-order valence-electron chi connectivity index (χ3n) is 4.10. The summed E-state index contributed by atoms with van der Waals surface area (Å²) in [5.74, 6) is 1.50. The van der Waals surface area contributed by atoms with E-state index in [4.69, 9.17) is 9.47 Å². The molecule has 0 aliphatic rings. The number of methoxy groups -OCH3 is 1. The molecule has 0 unspecified atom stereocenters. The van der Waals surface area contributed by atoms with Gasteiger partial charge in [0.25, 0.3) is 5.91 Å². The Morgan fingerprint density at radius 1 is 1.21 bits per heavy atom. The van der Waals surface area contributed by atoms with Gasteiger partial charge in [0.05, 0.1) is 29.0 Å². The normalized spacial score (nSPS) is 11.9. The molecule has 0 atom stereocenters. The van der Waals surface area contributed by atoms with E-state index in [-0.39, 0.29) is 5.91 Å². The Morgan fingerprint density at radius 2 is 2.04 bits per heavy atom. The van der Waals surface area contributed by atoms with Gasteiger partial charge in [-0.15, -0.1) is 11.8 Å². The molecule has 148 valence electrons. The highest BCUT2D eigenvalue weighted by Crippen LogP contribution is 2.25. The summed E-state index contributed by atoms with van der Waals surface area (Å²) >= 11 is 3.14. The topological polar surface area (TPSA) is 52.8 Å². The summed E-state index contributed by atoms with van der Waals surface area (Å²) in [4.78, 5) is 19.0. The van der Waals surface area contributed by atoms with Crippen molar-refractivity contribution in [2.45, 2.75) is 25.3 Å². The Hall–Kier alpha value is -2.09. The molecule has 0 N–H and O–H groups in total. The van der Waals surface area contributed by atoms with Gasteiger partial charge in [-0.2, -0.15) is 4.99 Å². The molecule has 5 nitrogen and oxygen atoms in total. The highest BCUT2D eigenvalue weighted by Gasteiger charge is 2.13. The summed E-state index contributed by atoms with van der Waals surface area (Å²) in [6.45, 7) is 5.82. The number of ether oxygens (including phenoxy) is 2. The maximum Gasteiger partial charge on any atom is 0.280 e. The molecule has 1 heterocycles. The van der Waals surface area contributed by atoms with Crippen LogP contribution in [0.25, 0.3) is 10.2 Å². The van der Waals surface area contributed by atoms with Gasteiger partial charge in [-0.25, -0.2) is 0 Å². The number of rotatable bonds is 8. The van der Waals surface area contributed by atoms with Gasteiger partial charge in [0.1, 0.15) is 5.75 Å². The summed E-state index contributed by atoms with van der Waals surface area (Å²) in [6, 6.07) is 13.6. The molecular formula is C21H24N2O3S2. The maximum atomic E-state index is 12.9. The molecule has 2 aromatic carbocycles. The van der Waals surface area contributed by atoms with E-state index in [1.54, 1.807) is 18.9 Å². The molecule has 28 heavy (non-hydrogen) atoms. The van der Waals surface area contributed by atoms with Gasteiger partial charge in [0.15, 0.2) is 4.80 Å². The average molecular weight is 417 g/mol. The molecule has 1 aromatic heterocycles. The van der Waals surface area contributed by atoms with Crippen LogP contribution in [0.1, 0.15) is 24.2 Å². The predicted octanol–water partition coefficient (Wildman–Crippen LogP) is 4.60. The maximum absolute atomic E-state index is 12.9. The van der Waals surface area contributed by atoms with Gasteiger partial charge in [0.2, 0.25) is 0 Å². The number of fused-ring (bicyclic) bond motifs is 1. The zero-order valence-corrected chi connectivity index (χ0v) is 17.9. The van der Waals surface area contributed by atoms with E-state index in [1.165, 1.54) is 11.3 Å². The summed E-state index contributed by atoms with van der Waals surface area (Å²) in [5.41, 5.74) is 1.66. The van der Waals surface area contributed by atoms with Crippen molar-refractivity contribution in [3.8, 4) is 5.75 Å². The summed E-state index contributed by atoms with van der Waals surface area (Å²) in [5, 5.41) is 0. The van der Waals surface area contributed by atoms with Crippen molar-refractivity contribution in [2.24, 2.45) is 4.99 Å². The molecule has 0 bridgehead atoms. The van der Waals surface area contributed by atoms with Crippen LogP contribution in [0.2, 0.25) is 0 Å². The molecule has 0 saturated carbocycles. The van der Waals surface area contributed by atoms with Crippen molar-refractivity contribution in [1.29, 1.82) is 0 Å². The van der Waals surface area contributed by atoms with E-state index in [0.29, 0.717) is 30.1 Å². The van der Waals surface area contributed by atoms with Crippen LogP contribution in [0.15, 0.2) is 52.4 Å². The second kappa shape index (κ2) is 9.91. The highest BCUT2D eigenvalue weighted by atomic mass is 32.2. The largest absolute Gasteiger partial charge is 0.494 e. The third kappa shape index (κ3) is 4.66. The number of thiazole rings is 1. The van der Waals surface area contributed by atoms with Gasteiger partial charge in [-0.1, -0.05) is 30.4 Å². The molecule has 1 amide bonds. The Balaban J connectivity index is 2.08. The van der Waals surface area contributed by atoms with Gasteiger partial charge in [-0.3, -0.25) is 4.79 Å². The molecule has 7 heteroatoms. The lowest BCUT2D eigenvalue weighted by Crippen LogP contribution is -2.19. The minimum atomic E-state index is -0.223. The standard InChI is InChI=1S/C21H24N2O3S2/c1-4-26-15-10-11-17-19(14-15)28-21(23(17)12-13-25-3)22-20(24)16-8-6-7-9-18(16)27-5-2/h6-11,14H,4-5,12-13H2,1-3H3. The second-order valence-electron chi connectivity index (χ2n) is 5.94. The van der Waals surface area contributed by atoms with Gasteiger partial charge in [0, 0.05) is 18.6 Å². The number of aromatic nitrogens is 1. The van der Waals surface area contributed by atoms with Crippen molar-refractivity contribution >= 4 is 39.2 Å². The Labute approximate surface area is 173 Å². The lowest BCUT2D eigenvalue weighted by Gasteiger charge is -2.06. The first kappa shape index (κ1) is 20.6. The van der Waals surface area contributed by atoms with Crippen LogP contribution in [-0.4, -0.2) is 36.6 Å². The minimum Gasteiger partial charge on any atom is -0.494 e. The Morgan fingerprint density at radius 3 is 2.79 bits per heavy atom. The molecule has 3 aromatic rings. The van der Waals surface area contributed by atoms with Crippen molar-refractivity contribution in [3.05, 3.63) is 52.8 Å². The number of carbonyl (C=O) groups is 1. The number of thioether (sulfide) groups is 1.